The molecule has 0 unspecified atom stereocenters. The quantitative estimate of drug-likeness (QED) is 0.261. The molecule has 3 amide bonds. The lowest BCUT2D eigenvalue weighted by Crippen LogP contribution is -2.32. The average Bonchev–Trinajstić information content (AvgIpc) is 3.04. The molecule has 1 fully saturated rings. The zero-order valence-corrected chi connectivity index (χ0v) is 17.9. The zero-order chi connectivity index (χ0) is 21.3. The van der Waals surface area contributed by atoms with Gasteiger partial charge in [0.05, 0.1) is 23.1 Å². The Morgan fingerprint density at radius 2 is 1.77 bits per heavy atom. The Morgan fingerprint density at radius 3 is 2.47 bits per heavy atom. The number of hydrogen-bond acceptors (Lipinski definition) is 5. The SMILES string of the molecule is O=C1CNC(=O)N1CCCSc1nc2cc(Cl)ccc2c(=O)n1-c1ccc(Cl)cc1. The summed E-state index contributed by atoms with van der Waals surface area (Å²) in [6, 6.07) is 11.5. The monoisotopic (exact) mass is 462 g/mol. The Hall–Kier alpha value is -2.55. The van der Waals surface area contributed by atoms with Crippen LogP contribution in [0.4, 0.5) is 4.79 Å². The summed E-state index contributed by atoms with van der Waals surface area (Å²) >= 11 is 13.4. The number of hydrogen-bond donors (Lipinski definition) is 1. The predicted octanol–water partition coefficient (Wildman–Crippen LogP) is 3.73. The van der Waals surface area contributed by atoms with E-state index in [1.807, 2.05) is 0 Å². The second kappa shape index (κ2) is 8.67. The topological polar surface area (TPSA) is 84.3 Å². The molecule has 0 atom stereocenters. The number of thioether (sulfide) groups is 1. The van der Waals surface area contributed by atoms with Gasteiger partial charge >= 0.3 is 6.03 Å². The molecule has 10 heteroatoms. The highest BCUT2D eigenvalue weighted by atomic mass is 35.5. The van der Waals surface area contributed by atoms with Gasteiger partial charge in [-0.3, -0.25) is 19.1 Å². The van der Waals surface area contributed by atoms with Crippen molar-refractivity contribution in [3.05, 3.63) is 62.9 Å². The minimum Gasteiger partial charge on any atom is -0.329 e. The lowest BCUT2D eigenvalue weighted by atomic mass is 10.2. The highest BCUT2D eigenvalue weighted by molar-refractivity contribution is 7.99. The van der Waals surface area contributed by atoms with Crippen LogP contribution in [0.15, 0.2) is 52.4 Å². The lowest BCUT2D eigenvalue weighted by Gasteiger charge is -2.15. The molecule has 0 bridgehead atoms. The van der Waals surface area contributed by atoms with Crippen LogP contribution in [0.2, 0.25) is 10.0 Å². The van der Waals surface area contributed by atoms with E-state index in [0.29, 0.717) is 50.5 Å². The van der Waals surface area contributed by atoms with Crippen molar-refractivity contribution in [2.24, 2.45) is 0 Å². The summed E-state index contributed by atoms with van der Waals surface area (Å²) < 4.78 is 1.53. The molecule has 4 rings (SSSR count). The highest BCUT2D eigenvalue weighted by Gasteiger charge is 2.27. The number of urea groups is 1. The summed E-state index contributed by atoms with van der Waals surface area (Å²) in [7, 11) is 0. The van der Waals surface area contributed by atoms with Gasteiger partial charge in [-0.2, -0.15) is 0 Å². The van der Waals surface area contributed by atoms with E-state index in [2.05, 4.69) is 10.3 Å². The second-order valence-corrected chi connectivity index (χ2v) is 8.51. The summed E-state index contributed by atoms with van der Waals surface area (Å²) in [6.45, 7) is 0.345. The molecule has 2 heterocycles. The Morgan fingerprint density at radius 1 is 1.03 bits per heavy atom. The summed E-state index contributed by atoms with van der Waals surface area (Å²) in [5.41, 5.74) is 0.940. The number of benzene rings is 2. The molecule has 1 aromatic heterocycles. The first-order valence-electron chi connectivity index (χ1n) is 9.13. The Bertz CT molecular complexity index is 1180. The van der Waals surface area contributed by atoms with Crippen LogP contribution >= 0.6 is 35.0 Å². The van der Waals surface area contributed by atoms with Crippen LogP contribution in [0, 0.1) is 0 Å². The van der Waals surface area contributed by atoms with Gasteiger partial charge in [-0.15, -0.1) is 0 Å². The van der Waals surface area contributed by atoms with E-state index < -0.39 is 0 Å². The van der Waals surface area contributed by atoms with Crippen LogP contribution in [0.5, 0.6) is 0 Å². The van der Waals surface area contributed by atoms with Gasteiger partial charge in [0, 0.05) is 22.3 Å². The van der Waals surface area contributed by atoms with Crippen molar-refractivity contribution in [1.82, 2.24) is 19.8 Å². The number of nitrogens with zero attached hydrogens (tertiary/aromatic N) is 3. The van der Waals surface area contributed by atoms with Crippen molar-refractivity contribution >= 4 is 57.8 Å². The molecule has 7 nitrogen and oxygen atoms in total. The normalized spacial score (nSPS) is 13.9. The van der Waals surface area contributed by atoms with E-state index in [1.54, 1.807) is 42.5 Å². The fraction of sp³-hybridized carbons (Fsp3) is 0.200. The first-order chi connectivity index (χ1) is 14.4. The number of carbonyl (C=O) groups excluding carboxylic acids is 2. The van der Waals surface area contributed by atoms with Crippen molar-refractivity contribution in [1.29, 1.82) is 0 Å². The number of imide groups is 1. The van der Waals surface area contributed by atoms with E-state index >= 15 is 0 Å². The molecule has 0 spiro atoms. The molecule has 1 aliphatic rings. The molecule has 30 heavy (non-hydrogen) atoms. The maximum atomic E-state index is 13.2. The number of amides is 3. The van der Waals surface area contributed by atoms with Gasteiger partial charge in [0.25, 0.3) is 5.56 Å². The van der Waals surface area contributed by atoms with E-state index in [9.17, 15) is 14.4 Å². The molecule has 0 aliphatic carbocycles. The number of fused-ring (bicyclic) bond motifs is 1. The smallest absolute Gasteiger partial charge is 0.324 e. The van der Waals surface area contributed by atoms with Crippen LogP contribution in [0.3, 0.4) is 0 Å². The Balaban J connectivity index is 1.64. The van der Waals surface area contributed by atoms with Crippen LogP contribution in [-0.2, 0) is 4.79 Å². The minimum absolute atomic E-state index is 0.0368. The third-order valence-electron chi connectivity index (χ3n) is 4.58. The molecular formula is C20H16Cl2N4O3S. The summed E-state index contributed by atoms with van der Waals surface area (Å²) in [4.78, 5) is 42.4. The number of carbonyl (C=O) groups is 2. The van der Waals surface area contributed by atoms with E-state index in [-0.39, 0.29) is 24.0 Å². The molecule has 0 saturated carbocycles. The largest absolute Gasteiger partial charge is 0.329 e. The second-order valence-electron chi connectivity index (χ2n) is 6.58. The fourth-order valence-corrected chi connectivity index (χ4v) is 4.35. The number of halogens is 2. The van der Waals surface area contributed by atoms with Crippen LogP contribution < -0.4 is 10.9 Å². The Kier molecular flexibility index (Phi) is 5.99. The van der Waals surface area contributed by atoms with E-state index in [1.165, 1.54) is 21.2 Å². The number of aromatic nitrogens is 2. The standard InChI is InChI=1S/C20H16Cl2N4O3S/c21-12-2-5-14(6-3-12)26-18(28)15-7-4-13(22)10-16(15)24-20(26)30-9-1-8-25-17(27)11-23-19(25)29/h2-7,10H,1,8-9,11H2,(H,23,29). The molecule has 3 aromatic rings. The fourth-order valence-electron chi connectivity index (χ4n) is 3.12. The summed E-state index contributed by atoms with van der Waals surface area (Å²) in [5.74, 6) is 0.324. The van der Waals surface area contributed by atoms with E-state index in [0.717, 1.165) is 0 Å². The molecule has 2 aromatic carbocycles. The lowest BCUT2D eigenvalue weighted by molar-refractivity contribution is -0.124. The van der Waals surface area contributed by atoms with Gasteiger partial charge in [0.1, 0.15) is 0 Å². The molecule has 0 radical (unpaired) electrons. The molecule has 1 N–H and O–H groups in total. The van der Waals surface area contributed by atoms with Crippen molar-refractivity contribution in [3.8, 4) is 5.69 Å². The Labute approximate surface area is 186 Å². The van der Waals surface area contributed by atoms with E-state index in [4.69, 9.17) is 23.2 Å². The van der Waals surface area contributed by atoms with Crippen molar-refractivity contribution < 1.29 is 9.59 Å². The predicted molar refractivity (Wildman–Crippen MR) is 118 cm³/mol. The zero-order valence-electron chi connectivity index (χ0n) is 15.6. The first kappa shape index (κ1) is 20.7. The van der Waals surface area contributed by atoms with Crippen LogP contribution in [0.1, 0.15) is 6.42 Å². The molecule has 154 valence electrons. The maximum absolute atomic E-state index is 13.2. The summed E-state index contributed by atoms with van der Waals surface area (Å²) in [6.07, 6.45) is 0.563. The van der Waals surface area contributed by atoms with Gasteiger partial charge in [0.15, 0.2) is 5.16 Å². The van der Waals surface area contributed by atoms with Crippen molar-refractivity contribution in [3.63, 3.8) is 0 Å². The minimum atomic E-state index is -0.374. The van der Waals surface area contributed by atoms with Crippen LogP contribution in [-0.4, -0.2) is 45.2 Å². The number of rotatable bonds is 6. The third kappa shape index (κ3) is 4.16. The van der Waals surface area contributed by atoms with Gasteiger partial charge in [-0.05, 0) is 48.9 Å². The van der Waals surface area contributed by atoms with Gasteiger partial charge in [0.2, 0.25) is 5.91 Å². The summed E-state index contributed by atoms with van der Waals surface area (Å²) in [5, 5.41) is 4.51. The van der Waals surface area contributed by atoms with Crippen molar-refractivity contribution in [2.75, 3.05) is 18.8 Å². The molecule has 1 saturated heterocycles. The maximum Gasteiger partial charge on any atom is 0.324 e. The average molecular weight is 463 g/mol. The van der Waals surface area contributed by atoms with Gasteiger partial charge in [-0.25, -0.2) is 9.78 Å². The van der Waals surface area contributed by atoms with Gasteiger partial charge < -0.3 is 5.32 Å². The first-order valence-corrected chi connectivity index (χ1v) is 10.9. The van der Waals surface area contributed by atoms with Gasteiger partial charge in [-0.1, -0.05) is 35.0 Å². The van der Waals surface area contributed by atoms with Crippen molar-refractivity contribution in [2.45, 2.75) is 11.6 Å². The number of nitrogens with one attached hydrogen (secondary N) is 1. The molecular weight excluding hydrogens is 447 g/mol. The highest BCUT2D eigenvalue weighted by Crippen LogP contribution is 2.24. The third-order valence-corrected chi connectivity index (χ3v) is 6.09. The van der Waals surface area contributed by atoms with Crippen LogP contribution in [0.25, 0.3) is 16.6 Å². The molecule has 1 aliphatic heterocycles.